The van der Waals surface area contributed by atoms with Crippen molar-refractivity contribution in [3.05, 3.63) is 77.4 Å². The second-order valence-electron chi connectivity index (χ2n) is 6.92. The third-order valence-corrected chi connectivity index (χ3v) is 4.70. The first-order chi connectivity index (χ1) is 14.5. The van der Waals surface area contributed by atoms with E-state index in [1.165, 1.54) is 0 Å². The second-order valence-corrected chi connectivity index (χ2v) is 6.92. The van der Waals surface area contributed by atoms with Crippen LogP contribution in [0.15, 0.2) is 60.7 Å². The van der Waals surface area contributed by atoms with E-state index in [0.717, 1.165) is 16.9 Å². The van der Waals surface area contributed by atoms with Crippen molar-refractivity contribution in [2.75, 3.05) is 17.7 Å². The number of hydrogen-bond donors (Lipinski definition) is 3. The molecule has 3 N–H and O–H groups in total. The Labute approximate surface area is 174 Å². The molecule has 1 heterocycles. The molecular weight excluding hydrogens is 382 g/mol. The lowest BCUT2D eigenvalue weighted by molar-refractivity contribution is 0.102. The molecule has 0 saturated heterocycles. The van der Waals surface area contributed by atoms with Crippen molar-refractivity contribution in [3.63, 3.8) is 0 Å². The van der Waals surface area contributed by atoms with Crippen LogP contribution in [0.5, 0.6) is 17.2 Å². The van der Waals surface area contributed by atoms with Crippen LogP contribution in [-0.4, -0.2) is 19.0 Å². The molecule has 0 atom stereocenters. The van der Waals surface area contributed by atoms with Crippen LogP contribution in [0.25, 0.3) is 0 Å². The molecule has 7 nitrogen and oxygen atoms in total. The number of nitrogens with one attached hydrogen (secondary N) is 3. The number of carbonyl (C=O) groups is 2. The average Bonchev–Trinajstić information content (AvgIpc) is 2.88. The maximum atomic E-state index is 12.7. The van der Waals surface area contributed by atoms with E-state index in [4.69, 9.17) is 9.47 Å². The minimum Gasteiger partial charge on any atom is -0.497 e. The molecule has 0 spiro atoms. The van der Waals surface area contributed by atoms with Crippen molar-refractivity contribution in [1.29, 1.82) is 0 Å². The molecule has 7 heteroatoms. The van der Waals surface area contributed by atoms with Gasteiger partial charge in [0.15, 0.2) is 5.75 Å². The predicted octanol–water partition coefficient (Wildman–Crippen LogP) is 4.68. The highest BCUT2D eigenvalue weighted by molar-refractivity contribution is 6.09. The summed E-state index contributed by atoms with van der Waals surface area (Å²) in [6.07, 6.45) is 0. The molecule has 0 radical (unpaired) electrons. The summed E-state index contributed by atoms with van der Waals surface area (Å²) >= 11 is 0. The van der Waals surface area contributed by atoms with Gasteiger partial charge in [0, 0.05) is 12.2 Å². The first-order valence-electron chi connectivity index (χ1n) is 9.43. The van der Waals surface area contributed by atoms with E-state index in [-0.39, 0.29) is 11.9 Å². The van der Waals surface area contributed by atoms with Gasteiger partial charge < -0.3 is 25.4 Å². The minimum absolute atomic E-state index is 0.295. The number of benzene rings is 3. The van der Waals surface area contributed by atoms with Crippen LogP contribution < -0.4 is 25.4 Å². The Bertz CT molecular complexity index is 1110. The number of methoxy groups -OCH3 is 1. The van der Waals surface area contributed by atoms with Crippen molar-refractivity contribution in [1.82, 2.24) is 5.32 Å². The monoisotopic (exact) mass is 403 g/mol. The Kier molecular flexibility index (Phi) is 5.26. The van der Waals surface area contributed by atoms with Gasteiger partial charge in [-0.2, -0.15) is 0 Å². The number of ether oxygens (including phenoxy) is 2. The van der Waals surface area contributed by atoms with Crippen molar-refractivity contribution >= 4 is 23.3 Å². The number of anilines is 2. The van der Waals surface area contributed by atoms with E-state index >= 15 is 0 Å². The van der Waals surface area contributed by atoms with Gasteiger partial charge in [0.05, 0.1) is 18.4 Å². The Morgan fingerprint density at radius 3 is 2.57 bits per heavy atom. The van der Waals surface area contributed by atoms with Crippen molar-refractivity contribution in [2.24, 2.45) is 0 Å². The van der Waals surface area contributed by atoms with Gasteiger partial charge in [0.1, 0.15) is 11.5 Å². The third-order valence-electron chi connectivity index (χ3n) is 4.70. The molecule has 3 aromatic rings. The number of rotatable bonds is 4. The largest absolute Gasteiger partial charge is 0.497 e. The third kappa shape index (κ3) is 4.20. The van der Waals surface area contributed by atoms with Gasteiger partial charge in [-0.1, -0.05) is 18.2 Å². The zero-order valence-electron chi connectivity index (χ0n) is 16.6. The van der Waals surface area contributed by atoms with Crippen molar-refractivity contribution in [3.8, 4) is 17.2 Å². The molecule has 0 unspecified atom stereocenters. The summed E-state index contributed by atoms with van der Waals surface area (Å²) in [4.78, 5) is 24.9. The first-order valence-corrected chi connectivity index (χ1v) is 9.43. The van der Waals surface area contributed by atoms with Gasteiger partial charge in [-0.3, -0.25) is 4.79 Å². The highest BCUT2D eigenvalue weighted by Crippen LogP contribution is 2.37. The highest BCUT2D eigenvalue weighted by Gasteiger charge is 2.21. The van der Waals surface area contributed by atoms with E-state index in [2.05, 4.69) is 16.0 Å². The Morgan fingerprint density at radius 1 is 1.03 bits per heavy atom. The van der Waals surface area contributed by atoms with E-state index in [1.54, 1.807) is 25.3 Å². The van der Waals surface area contributed by atoms with Crippen LogP contribution in [0.1, 0.15) is 21.5 Å². The predicted molar refractivity (Wildman–Crippen MR) is 115 cm³/mol. The van der Waals surface area contributed by atoms with Gasteiger partial charge in [0.25, 0.3) is 5.91 Å². The summed E-state index contributed by atoms with van der Waals surface area (Å²) in [5.41, 5.74) is 3.40. The zero-order valence-corrected chi connectivity index (χ0v) is 16.6. The molecule has 0 aliphatic carbocycles. The number of amides is 3. The number of urea groups is 1. The fourth-order valence-electron chi connectivity index (χ4n) is 3.11. The average molecular weight is 403 g/mol. The smallest absolute Gasteiger partial charge is 0.319 e. The quantitative estimate of drug-likeness (QED) is 0.590. The molecule has 0 bridgehead atoms. The fourth-order valence-corrected chi connectivity index (χ4v) is 3.11. The van der Waals surface area contributed by atoms with E-state index in [1.807, 2.05) is 49.4 Å². The highest BCUT2D eigenvalue weighted by atomic mass is 16.5. The summed E-state index contributed by atoms with van der Waals surface area (Å²) in [6, 6.07) is 17.6. The van der Waals surface area contributed by atoms with E-state index in [9.17, 15) is 9.59 Å². The lowest BCUT2D eigenvalue weighted by Crippen LogP contribution is -2.28. The maximum Gasteiger partial charge on any atom is 0.319 e. The van der Waals surface area contributed by atoms with Gasteiger partial charge in [-0.25, -0.2) is 4.79 Å². The summed E-state index contributed by atoms with van der Waals surface area (Å²) in [5, 5.41) is 8.39. The standard InChI is InChI=1S/C23H21N3O4/c1-14-3-9-21-19(11-14)26-22(27)18-12-16(6-10-20(18)30-21)25-23(28)24-13-15-4-7-17(29-2)8-5-15/h3-12H,13H2,1-2H3,(H,26,27)(H2,24,25,28). The van der Waals surface area contributed by atoms with Crippen molar-refractivity contribution < 1.29 is 19.1 Å². The molecule has 152 valence electrons. The molecule has 0 aromatic heterocycles. The van der Waals surface area contributed by atoms with Crippen LogP contribution in [-0.2, 0) is 6.54 Å². The van der Waals surface area contributed by atoms with E-state index < -0.39 is 0 Å². The van der Waals surface area contributed by atoms with Crippen LogP contribution in [0.3, 0.4) is 0 Å². The van der Waals surface area contributed by atoms with Crippen LogP contribution in [0.2, 0.25) is 0 Å². The minimum atomic E-state index is -0.375. The Hall–Kier alpha value is -4.00. The molecule has 30 heavy (non-hydrogen) atoms. The number of aryl methyl sites for hydroxylation is 1. The van der Waals surface area contributed by atoms with Gasteiger partial charge in [-0.05, 0) is 60.5 Å². The summed E-state index contributed by atoms with van der Waals surface area (Å²) in [7, 11) is 1.60. The SMILES string of the molecule is COc1ccc(CNC(=O)Nc2ccc3c(c2)C(=O)Nc2cc(C)ccc2O3)cc1. The Morgan fingerprint density at radius 2 is 1.80 bits per heavy atom. The van der Waals surface area contributed by atoms with E-state index in [0.29, 0.717) is 35.0 Å². The Balaban J connectivity index is 1.44. The molecule has 4 rings (SSSR count). The van der Waals surface area contributed by atoms with Crippen LogP contribution >= 0.6 is 0 Å². The lowest BCUT2D eigenvalue weighted by Gasteiger charge is -2.11. The number of hydrogen-bond acceptors (Lipinski definition) is 4. The summed E-state index contributed by atoms with van der Waals surface area (Å²) in [6.45, 7) is 2.30. The maximum absolute atomic E-state index is 12.7. The lowest BCUT2D eigenvalue weighted by atomic mass is 10.1. The molecule has 1 aliphatic rings. The normalized spacial score (nSPS) is 11.9. The van der Waals surface area contributed by atoms with Gasteiger partial charge in [0.2, 0.25) is 0 Å². The number of fused-ring (bicyclic) bond motifs is 2. The van der Waals surface area contributed by atoms with Crippen LogP contribution in [0.4, 0.5) is 16.2 Å². The second kappa shape index (κ2) is 8.16. The van der Waals surface area contributed by atoms with Gasteiger partial charge in [-0.15, -0.1) is 0 Å². The molecule has 0 fully saturated rings. The molecule has 3 amide bonds. The topological polar surface area (TPSA) is 88.7 Å². The van der Waals surface area contributed by atoms with Gasteiger partial charge >= 0.3 is 6.03 Å². The molecule has 3 aromatic carbocycles. The van der Waals surface area contributed by atoms with Crippen LogP contribution in [0, 0.1) is 6.92 Å². The molecular formula is C23H21N3O4. The number of carbonyl (C=O) groups excluding carboxylic acids is 2. The summed E-state index contributed by atoms with van der Waals surface area (Å²) in [5.74, 6) is 1.47. The summed E-state index contributed by atoms with van der Waals surface area (Å²) < 4.78 is 11.0. The first kappa shape index (κ1) is 19.3. The molecule has 1 aliphatic heterocycles. The molecule has 0 saturated carbocycles. The van der Waals surface area contributed by atoms with Crippen molar-refractivity contribution in [2.45, 2.75) is 13.5 Å². The fraction of sp³-hybridized carbons (Fsp3) is 0.130. The zero-order chi connectivity index (χ0) is 21.1.